The molecule has 1 heterocycles. The molecule has 0 unspecified atom stereocenters. The third-order valence-electron chi connectivity index (χ3n) is 3.30. The van der Waals surface area contributed by atoms with Crippen LogP contribution in [-0.4, -0.2) is 12.0 Å². The Labute approximate surface area is 116 Å². The SMILES string of the molecule is C[C@@H]1Oc2ccccc2N(Cc2cccc(F)c2)C1=O. The van der Waals surface area contributed by atoms with Crippen LogP contribution >= 0.6 is 0 Å². The number of ether oxygens (including phenoxy) is 1. The maximum Gasteiger partial charge on any atom is 0.268 e. The van der Waals surface area contributed by atoms with Gasteiger partial charge in [-0.1, -0.05) is 24.3 Å². The minimum atomic E-state index is -0.529. The molecule has 102 valence electrons. The minimum absolute atomic E-state index is 0.118. The molecule has 1 aliphatic heterocycles. The Morgan fingerprint density at radius 3 is 2.80 bits per heavy atom. The summed E-state index contributed by atoms with van der Waals surface area (Å²) >= 11 is 0. The average Bonchev–Trinajstić information content (AvgIpc) is 2.44. The number of carbonyl (C=O) groups excluding carboxylic acids is 1. The Morgan fingerprint density at radius 2 is 2.00 bits per heavy atom. The second-order valence-electron chi connectivity index (χ2n) is 4.78. The van der Waals surface area contributed by atoms with E-state index in [0.29, 0.717) is 12.3 Å². The Bertz CT molecular complexity index is 656. The molecule has 0 saturated carbocycles. The number of amides is 1. The molecule has 0 radical (unpaired) electrons. The molecule has 4 heteroatoms. The smallest absolute Gasteiger partial charge is 0.268 e. The van der Waals surface area contributed by atoms with E-state index in [1.54, 1.807) is 24.0 Å². The van der Waals surface area contributed by atoms with Crippen molar-refractivity contribution in [1.29, 1.82) is 0 Å². The summed E-state index contributed by atoms with van der Waals surface area (Å²) < 4.78 is 18.8. The highest BCUT2D eigenvalue weighted by atomic mass is 19.1. The van der Waals surface area contributed by atoms with E-state index < -0.39 is 6.10 Å². The normalized spacial score (nSPS) is 17.6. The molecule has 1 amide bonds. The third-order valence-corrected chi connectivity index (χ3v) is 3.30. The van der Waals surface area contributed by atoms with Crippen LogP contribution in [0.25, 0.3) is 0 Å². The summed E-state index contributed by atoms with van der Waals surface area (Å²) in [6.45, 7) is 2.05. The van der Waals surface area contributed by atoms with Crippen LogP contribution in [0, 0.1) is 5.82 Å². The molecule has 3 rings (SSSR count). The number of halogens is 1. The van der Waals surface area contributed by atoms with Crippen molar-refractivity contribution in [2.75, 3.05) is 4.90 Å². The van der Waals surface area contributed by atoms with Crippen LogP contribution in [0.4, 0.5) is 10.1 Å². The molecule has 0 aliphatic carbocycles. The van der Waals surface area contributed by atoms with Gasteiger partial charge in [0.05, 0.1) is 12.2 Å². The number of anilines is 1. The number of nitrogens with zero attached hydrogens (tertiary/aromatic N) is 1. The zero-order valence-corrected chi connectivity index (χ0v) is 11.0. The molecular formula is C16H14FNO2. The number of hydrogen-bond acceptors (Lipinski definition) is 2. The lowest BCUT2D eigenvalue weighted by Gasteiger charge is -2.33. The summed E-state index contributed by atoms with van der Waals surface area (Å²) in [6, 6.07) is 13.7. The van der Waals surface area contributed by atoms with Gasteiger partial charge >= 0.3 is 0 Å². The molecule has 0 saturated heterocycles. The Kier molecular flexibility index (Phi) is 3.14. The molecule has 0 fully saturated rings. The Balaban J connectivity index is 1.97. The van der Waals surface area contributed by atoms with Crippen LogP contribution in [0.5, 0.6) is 5.75 Å². The van der Waals surface area contributed by atoms with E-state index in [9.17, 15) is 9.18 Å². The number of rotatable bonds is 2. The Morgan fingerprint density at radius 1 is 1.20 bits per heavy atom. The molecular weight excluding hydrogens is 257 g/mol. The average molecular weight is 271 g/mol. The van der Waals surface area contributed by atoms with Gasteiger partial charge in [-0.05, 0) is 36.8 Å². The number of carbonyl (C=O) groups is 1. The number of fused-ring (bicyclic) bond motifs is 1. The molecule has 0 N–H and O–H groups in total. The highest BCUT2D eigenvalue weighted by Gasteiger charge is 2.31. The van der Waals surface area contributed by atoms with Crippen LogP contribution in [0.3, 0.4) is 0 Å². The second kappa shape index (κ2) is 4.96. The van der Waals surface area contributed by atoms with E-state index in [-0.39, 0.29) is 11.7 Å². The molecule has 0 aromatic heterocycles. The summed E-state index contributed by atoms with van der Waals surface area (Å²) in [7, 11) is 0. The molecule has 0 bridgehead atoms. The van der Waals surface area contributed by atoms with E-state index in [2.05, 4.69) is 0 Å². The van der Waals surface area contributed by atoms with Crippen LogP contribution in [0.2, 0.25) is 0 Å². The van der Waals surface area contributed by atoms with Gasteiger partial charge in [0.15, 0.2) is 6.10 Å². The largest absolute Gasteiger partial charge is 0.479 e. The van der Waals surface area contributed by atoms with Gasteiger partial charge in [-0.2, -0.15) is 0 Å². The van der Waals surface area contributed by atoms with Crippen LogP contribution in [-0.2, 0) is 11.3 Å². The van der Waals surface area contributed by atoms with Crippen molar-refractivity contribution in [1.82, 2.24) is 0 Å². The lowest BCUT2D eigenvalue weighted by atomic mass is 10.1. The van der Waals surface area contributed by atoms with Gasteiger partial charge < -0.3 is 9.64 Å². The maximum absolute atomic E-state index is 13.3. The first kappa shape index (κ1) is 12.7. The zero-order chi connectivity index (χ0) is 14.1. The fourth-order valence-electron chi connectivity index (χ4n) is 2.34. The zero-order valence-electron chi connectivity index (χ0n) is 11.0. The standard InChI is InChI=1S/C16H14FNO2/c1-11-16(19)18(10-12-5-4-6-13(17)9-12)14-7-2-3-8-15(14)20-11/h2-9,11H,10H2,1H3/t11-/m0/s1. The maximum atomic E-state index is 13.3. The van der Waals surface area contributed by atoms with Crippen molar-refractivity contribution >= 4 is 11.6 Å². The predicted molar refractivity (Wildman–Crippen MR) is 74.1 cm³/mol. The number of hydrogen-bond donors (Lipinski definition) is 0. The van der Waals surface area contributed by atoms with Gasteiger partial charge in [0, 0.05) is 0 Å². The van der Waals surface area contributed by atoms with Gasteiger partial charge in [-0.3, -0.25) is 4.79 Å². The van der Waals surface area contributed by atoms with Crippen LogP contribution in [0.1, 0.15) is 12.5 Å². The van der Waals surface area contributed by atoms with Gasteiger partial charge in [-0.25, -0.2) is 4.39 Å². The molecule has 0 spiro atoms. The molecule has 1 atom stereocenters. The molecule has 2 aromatic rings. The van der Waals surface area contributed by atoms with E-state index >= 15 is 0 Å². The molecule has 3 nitrogen and oxygen atoms in total. The fraction of sp³-hybridized carbons (Fsp3) is 0.188. The minimum Gasteiger partial charge on any atom is -0.479 e. The van der Waals surface area contributed by atoms with Gasteiger partial charge in [0.1, 0.15) is 11.6 Å². The second-order valence-corrected chi connectivity index (χ2v) is 4.78. The lowest BCUT2D eigenvalue weighted by molar-refractivity contribution is -0.125. The van der Waals surface area contributed by atoms with Crippen molar-refractivity contribution in [3.8, 4) is 5.75 Å². The number of benzene rings is 2. The van der Waals surface area contributed by atoms with Crippen molar-refractivity contribution in [2.24, 2.45) is 0 Å². The summed E-state index contributed by atoms with van der Waals surface area (Å²) in [6.07, 6.45) is -0.529. The number of para-hydroxylation sites is 2. The molecule has 1 aliphatic rings. The molecule has 2 aromatic carbocycles. The van der Waals surface area contributed by atoms with Crippen molar-refractivity contribution < 1.29 is 13.9 Å². The van der Waals surface area contributed by atoms with E-state index in [1.807, 2.05) is 24.3 Å². The highest BCUT2D eigenvalue weighted by Crippen LogP contribution is 2.34. The first-order valence-corrected chi connectivity index (χ1v) is 6.46. The van der Waals surface area contributed by atoms with Crippen LogP contribution in [0.15, 0.2) is 48.5 Å². The first-order valence-electron chi connectivity index (χ1n) is 6.46. The van der Waals surface area contributed by atoms with Gasteiger partial charge in [-0.15, -0.1) is 0 Å². The Hall–Kier alpha value is -2.36. The topological polar surface area (TPSA) is 29.5 Å². The summed E-state index contributed by atoms with van der Waals surface area (Å²) in [5.41, 5.74) is 1.47. The first-order chi connectivity index (χ1) is 9.65. The highest BCUT2D eigenvalue weighted by molar-refractivity contribution is 5.99. The third kappa shape index (κ3) is 2.25. The fourth-order valence-corrected chi connectivity index (χ4v) is 2.34. The predicted octanol–water partition coefficient (Wildman–Crippen LogP) is 3.14. The quantitative estimate of drug-likeness (QED) is 0.839. The van der Waals surface area contributed by atoms with E-state index in [0.717, 1.165) is 11.3 Å². The van der Waals surface area contributed by atoms with Crippen molar-refractivity contribution in [3.63, 3.8) is 0 Å². The van der Waals surface area contributed by atoms with E-state index in [4.69, 9.17) is 4.74 Å². The van der Waals surface area contributed by atoms with Gasteiger partial charge in [0.2, 0.25) is 0 Å². The van der Waals surface area contributed by atoms with Crippen molar-refractivity contribution in [3.05, 3.63) is 59.9 Å². The summed E-state index contributed by atoms with van der Waals surface area (Å²) in [4.78, 5) is 13.9. The lowest BCUT2D eigenvalue weighted by Crippen LogP contribution is -2.43. The summed E-state index contributed by atoms with van der Waals surface area (Å²) in [5, 5.41) is 0. The van der Waals surface area contributed by atoms with Crippen LogP contribution < -0.4 is 9.64 Å². The van der Waals surface area contributed by atoms with Gasteiger partial charge in [0.25, 0.3) is 5.91 Å². The monoisotopic (exact) mass is 271 g/mol. The molecule has 20 heavy (non-hydrogen) atoms. The van der Waals surface area contributed by atoms with Crippen molar-refractivity contribution in [2.45, 2.75) is 19.6 Å². The summed E-state index contributed by atoms with van der Waals surface area (Å²) in [5.74, 6) is 0.258. The van der Waals surface area contributed by atoms with E-state index in [1.165, 1.54) is 12.1 Å².